The van der Waals surface area contributed by atoms with Gasteiger partial charge in [-0.1, -0.05) is 6.42 Å². The smallest absolute Gasteiger partial charge is 0.287 e. The van der Waals surface area contributed by atoms with E-state index in [1.54, 1.807) is 12.1 Å². The van der Waals surface area contributed by atoms with Crippen LogP contribution in [0.15, 0.2) is 37.8 Å². The van der Waals surface area contributed by atoms with Crippen LogP contribution in [0.2, 0.25) is 0 Å². The van der Waals surface area contributed by atoms with Crippen LogP contribution in [0.5, 0.6) is 0 Å². The van der Waals surface area contributed by atoms with Gasteiger partial charge >= 0.3 is 0 Å². The largest absolute Gasteiger partial charge is 0.465 e. The minimum Gasteiger partial charge on any atom is -0.465 e. The summed E-state index contributed by atoms with van der Waals surface area (Å²) in [6.07, 6.45) is 3.65. The zero-order valence-corrected chi connectivity index (χ0v) is 16.0. The summed E-state index contributed by atoms with van der Waals surface area (Å²) in [4.78, 5) is 14.6. The number of hydrogen-bond donors (Lipinski definition) is 1. The van der Waals surface area contributed by atoms with Crippen molar-refractivity contribution in [1.29, 1.82) is 0 Å². The average molecular weight is 418 g/mol. The van der Waals surface area contributed by atoms with Gasteiger partial charge in [0.15, 0.2) is 10.4 Å². The number of hydrogen-bond acceptors (Lipinski definition) is 4. The van der Waals surface area contributed by atoms with Crippen LogP contribution in [0.3, 0.4) is 0 Å². The minimum atomic E-state index is -0.207. The molecule has 0 aromatic carbocycles. The van der Waals surface area contributed by atoms with Crippen molar-refractivity contribution < 1.29 is 13.6 Å². The van der Waals surface area contributed by atoms with E-state index in [9.17, 15) is 4.79 Å². The summed E-state index contributed by atoms with van der Waals surface area (Å²) in [7, 11) is 0. The molecule has 7 heteroatoms. The Balaban J connectivity index is 0.00000208. The molecule has 1 amide bonds. The summed E-state index contributed by atoms with van der Waals surface area (Å²) in [6, 6.07) is 7.41. The van der Waals surface area contributed by atoms with E-state index < -0.39 is 0 Å². The molecule has 3 rings (SSSR count). The van der Waals surface area contributed by atoms with Crippen LogP contribution in [0, 0.1) is 6.92 Å². The molecule has 0 spiro atoms. The SMILES string of the molecule is Cc1ccc(C(CNC(=O)c2ccc(Br)o2)N2CCCCC2)o1.Cl. The van der Waals surface area contributed by atoms with Crippen LogP contribution >= 0.6 is 28.3 Å². The fourth-order valence-electron chi connectivity index (χ4n) is 2.99. The molecule has 0 aliphatic carbocycles. The highest BCUT2D eigenvalue weighted by molar-refractivity contribution is 9.10. The van der Waals surface area contributed by atoms with E-state index in [-0.39, 0.29) is 24.4 Å². The molecule has 132 valence electrons. The van der Waals surface area contributed by atoms with E-state index in [1.807, 2.05) is 19.1 Å². The highest BCUT2D eigenvalue weighted by atomic mass is 79.9. The Labute approximate surface area is 156 Å². The van der Waals surface area contributed by atoms with Crippen molar-refractivity contribution >= 4 is 34.2 Å². The van der Waals surface area contributed by atoms with E-state index in [0.29, 0.717) is 17.0 Å². The second-order valence-electron chi connectivity index (χ2n) is 5.87. The zero-order valence-electron chi connectivity index (χ0n) is 13.6. The molecule has 1 saturated heterocycles. The molecule has 0 radical (unpaired) electrons. The fraction of sp³-hybridized carbons (Fsp3) is 0.471. The first-order valence-electron chi connectivity index (χ1n) is 7.97. The van der Waals surface area contributed by atoms with Gasteiger partial charge in [-0.05, 0) is 73.1 Å². The Morgan fingerprint density at radius 2 is 1.96 bits per heavy atom. The summed E-state index contributed by atoms with van der Waals surface area (Å²) < 4.78 is 11.7. The molecule has 0 bridgehead atoms. The number of nitrogens with one attached hydrogen (secondary N) is 1. The molecule has 2 aromatic rings. The Morgan fingerprint density at radius 3 is 2.54 bits per heavy atom. The van der Waals surface area contributed by atoms with Gasteiger partial charge in [0.05, 0.1) is 6.04 Å². The van der Waals surface area contributed by atoms with Gasteiger partial charge in [0.1, 0.15) is 11.5 Å². The van der Waals surface area contributed by atoms with Gasteiger partial charge in [-0.25, -0.2) is 0 Å². The number of rotatable bonds is 5. The van der Waals surface area contributed by atoms with Crippen molar-refractivity contribution in [2.24, 2.45) is 0 Å². The monoisotopic (exact) mass is 416 g/mol. The lowest BCUT2D eigenvalue weighted by molar-refractivity contribution is 0.0885. The third-order valence-electron chi connectivity index (χ3n) is 4.17. The minimum absolute atomic E-state index is 0. The van der Waals surface area contributed by atoms with Crippen LogP contribution in [0.1, 0.15) is 47.4 Å². The normalized spacial score (nSPS) is 16.4. The summed E-state index contributed by atoms with van der Waals surface area (Å²) in [5.74, 6) is 1.90. The molecule has 2 aromatic heterocycles. The topological polar surface area (TPSA) is 58.6 Å². The van der Waals surface area contributed by atoms with E-state index >= 15 is 0 Å². The van der Waals surface area contributed by atoms with Gasteiger partial charge in [0, 0.05) is 6.54 Å². The zero-order chi connectivity index (χ0) is 16.2. The van der Waals surface area contributed by atoms with Gasteiger partial charge in [-0.15, -0.1) is 12.4 Å². The number of nitrogens with zero attached hydrogens (tertiary/aromatic N) is 1. The van der Waals surface area contributed by atoms with Crippen LogP contribution in [-0.4, -0.2) is 30.4 Å². The molecule has 1 aliphatic heterocycles. The van der Waals surface area contributed by atoms with Gasteiger partial charge < -0.3 is 14.2 Å². The summed E-state index contributed by atoms with van der Waals surface area (Å²) >= 11 is 3.21. The molecular weight excluding hydrogens is 396 g/mol. The Hall–Kier alpha value is -1.24. The number of likely N-dealkylation sites (tertiary alicyclic amines) is 1. The lowest BCUT2D eigenvalue weighted by Gasteiger charge is -2.33. The van der Waals surface area contributed by atoms with E-state index in [1.165, 1.54) is 19.3 Å². The number of aryl methyl sites for hydroxylation is 1. The maximum absolute atomic E-state index is 12.2. The highest BCUT2D eigenvalue weighted by Crippen LogP contribution is 2.26. The summed E-state index contributed by atoms with van der Waals surface area (Å²) in [5, 5.41) is 2.96. The third-order valence-corrected chi connectivity index (χ3v) is 4.60. The molecule has 1 N–H and O–H groups in total. The van der Waals surface area contributed by atoms with Crippen LogP contribution in [0.4, 0.5) is 0 Å². The number of furan rings is 2. The van der Waals surface area contributed by atoms with Crippen molar-refractivity contribution in [3.05, 3.63) is 46.2 Å². The molecule has 1 aliphatic rings. The molecule has 24 heavy (non-hydrogen) atoms. The number of piperidine rings is 1. The molecule has 3 heterocycles. The lowest BCUT2D eigenvalue weighted by atomic mass is 10.1. The second-order valence-corrected chi connectivity index (χ2v) is 6.66. The van der Waals surface area contributed by atoms with Crippen molar-refractivity contribution in [2.75, 3.05) is 19.6 Å². The first kappa shape index (κ1) is 19.1. The maximum Gasteiger partial charge on any atom is 0.287 e. The number of amides is 1. The molecule has 1 unspecified atom stereocenters. The van der Waals surface area contributed by atoms with E-state index in [0.717, 1.165) is 24.6 Å². The van der Waals surface area contributed by atoms with Gasteiger partial charge in [0.25, 0.3) is 5.91 Å². The Bertz CT molecular complexity index is 664. The molecule has 0 saturated carbocycles. The predicted molar refractivity (Wildman–Crippen MR) is 97.6 cm³/mol. The van der Waals surface area contributed by atoms with Gasteiger partial charge in [0.2, 0.25) is 0 Å². The second kappa shape index (κ2) is 8.74. The molecular formula is C17H22BrClN2O3. The lowest BCUT2D eigenvalue weighted by Crippen LogP contribution is -2.40. The van der Waals surface area contributed by atoms with Gasteiger partial charge in [-0.2, -0.15) is 0 Å². The van der Waals surface area contributed by atoms with Crippen LogP contribution in [-0.2, 0) is 0 Å². The van der Waals surface area contributed by atoms with E-state index in [4.69, 9.17) is 8.83 Å². The Kier molecular flexibility index (Phi) is 6.95. The van der Waals surface area contributed by atoms with Crippen LogP contribution in [0.25, 0.3) is 0 Å². The molecule has 1 atom stereocenters. The molecule has 5 nitrogen and oxygen atoms in total. The highest BCUT2D eigenvalue weighted by Gasteiger charge is 2.25. The standard InChI is InChI=1S/C17H21BrN2O3.ClH/c1-12-5-6-14(22-12)13(20-9-3-2-4-10-20)11-19-17(21)15-7-8-16(18)23-15;/h5-8,13H,2-4,9-11H2,1H3,(H,19,21);1H. The quantitative estimate of drug-likeness (QED) is 0.787. The summed E-state index contributed by atoms with van der Waals surface area (Å²) in [5.41, 5.74) is 0. The Morgan fingerprint density at radius 1 is 1.21 bits per heavy atom. The fourth-order valence-corrected chi connectivity index (χ4v) is 3.29. The van der Waals surface area contributed by atoms with Crippen LogP contribution < -0.4 is 5.32 Å². The van der Waals surface area contributed by atoms with Crippen molar-refractivity contribution in [3.63, 3.8) is 0 Å². The predicted octanol–water partition coefficient (Wildman–Crippen LogP) is 4.32. The van der Waals surface area contributed by atoms with Crippen molar-refractivity contribution in [1.82, 2.24) is 10.2 Å². The van der Waals surface area contributed by atoms with Crippen molar-refractivity contribution in [3.8, 4) is 0 Å². The third kappa shape index (κ3) is 4.65. The number of halogens is 2. The maximum atomic E-state index is 12.2. The number of carbonyl (C=O) groups is 1. The number of carbonyl (C=O) groups excluding carboxylic acids is 1. The van der Waals surface area contributed by atoms with Crippen molar-refractivity contribution in [2.45, 2.75) is 32.2 Å². The summed E-state index contributed by atoms with van der Waals surface area (Å²) in [6.45, 7) is 4.51. The molecule has 1 fully saturated rings. The first-order chi connectivity index (χ1) is 11.1. The first-order valence-corrected chi connectivity index (χ1v) is 8.77. The van der Waals surface area contributed by atoms with Gasteiger partial charge in [-0.3, -0.25) is 9.69 Å². The van der Waals surface area contributed by atoms with E-state index in [2.05, 4.69) is 26.1 Å². The average Bonchev–Trinajstić information content (AvgIpc) is 3.17.